The summed E-state index contributed by atoms with van der Waals surface area (Å²) >= 11 is 0. The molecule has 1 aliphatic heterocycles. The Morgan fingerprint density at radius 3 is 2.80 bits per heavy atom. The molecule has 4 nitrogen and oxygen atoms in total. The smallest absolute Gasteiger partial charge is 0.124 e. The van der Waals surface area contributed by atoms with Gasteiger partial charge in [0.2, 0.25) is 0 Å². The molecule has 1 atom stereocenters. The topological polar surface area (TPSA) is 41.3 Å². The molecule has 2 aromatic rings. The molecule has 3 rings (SSSR count). The van der Waals surface area contributed by atoms with Gasteiger partial charge < -0.3 is 9.84 Å². The van der Waals surface area contributed by atoms with E-state index < -0.39 is 0 Å². The van der Waals surface area contributed by atoms with Crippen LogP contribution in [0.3, 0.4) is 0 Å². The molecular formula is C16H21N3O. The van der Waals surface area contributed by atoms with E-state index in [1.54, 1.807) is 6.26 Å². The molecule has 0 radical (unpaired) electrons. The van der Waals surface area contributed by atoms with E-state index in [0.29, 0.717) is 6.04 Å². The van der Waals surface area contributed by atoms with Crippen LogP contribution >= 0.6 is 0 Å². The molecule has 1 aromatic carbocycles. The van der Waals surface area contributed by atoms with Crippen molar-refractivity contribution in [3.8, 4) is 0 Å². The molecule has 1 N–H and O–H groups in total. The van der Waals surface area contributed by atoms with Gasteiger partial charge in [0.15, 0.2) is 0 Å². The number of nitrogens with zero attached hydrogens (tertiary/aromatic N) is 2. The van der Waals surface area contributed by atoms with Crippen LogP contribution in [0.1, 0.15) is 31.1 Å². The molecule has 2 heterocycles. The van der Waals surface area contributed by atoms with Gasteiger partial charge in [-0.05, 0) is 19.4 Å². The first-order chi connectivity index (χ1) is 9.64. The Labute approximate surface area is 119 Å². The molecule has 1 saturated heterocycles. The second-order valence-electron chi connectivity index (χ2n) is 6.09. The summed E-state index contributed by atoms with van der Waals surface area (Å²) in [5.74, 6) is 0. The van der Waals surface area contributed by atoms with Crippen molar-refractivity contribution in [2.24, 2.45) is 0 Å². The van der Waals surface area contributed by atoms with Crippen LogP contribution in [0.5, 0.6) is 0 Å². The van der Waals surface area contributed by atoms with Crippen LogP contribution in [0.2, 0.25) is 0 Å². The van der Waals surface area contributed by atoms with Crippen molar-refractivity contribution in [1.82, 2.24) is 15.4 Å². The van der Waals surface area contributed by atoms with Crippen LogP contribution in [-0.4, -0.2) is 28.7 Å². The zero-order valence-corrected chi connectivity index (χ0v) is 12.0. The lowest BCUT2D eigenvalue weighted by Gasteiger charge is -2.44. The fourth-order valence-corrected chi connectivity index (χ4v) is 2.87. The minimum Gasteiger partial charge on any atom is -0.364 e. The molecule has 106 valence electrons. The molecule has 0 bridgehead atoms. The van der Waals surface area contributed by atoms with E-state index >= 15 is 0 Å². The first-order valence-corrected chi connectivity index (χ1v) is 7.07. The van der Waals surface area contributed by atoms with E-state index in [4.69, 9.17) is 4.52 Å². The van der Waals surface area contributed by atoms with Crippen LogP contribution in [0.15, 0.2) is 47.2 Å². The van der Waals surface area contributed by atoms with Crippen molar-refractivity contribution in [3.63, 3.8) is 0 Å². The SMILES string of the molecule is CC1(C)CN(Cc2ccon2)C(c2ccccc2)CN1. The Morgan fingerprint density at radius 1 is 1.30 bits per heavy atom. The number of hydrogen-bond acceptors (Lipinski definition) is 4. The third-order valence-electron chi connectivity index (χ3n) is 3.85. The standard InChI is InChI=1S/C16H21N3O/c1-16(2)12-19(11-14-8-9-20-18-14)15(10-17-16)13-6-4-3-5-7-13/h3-9,15,17H,10-12H2,1-2H3. The molecule has 20 heavy (non-hydrogen) atoms. The minimum atomic E-state index is 0.120. The maximum Gasteiger partial charge on any atom is 0.124 e. The van der Waals surface area contributed by atoms with Crippen molar-refractivity contribution in [2.45, 2.75) is 32.0 Å². The Morgan fingerprint density at radius 2 is 2.10 bits per heavy atom. The predicted molar refractivity (Wildman–Crippen MR) is 78.2 cm³/mol. The summed E-state index contributed by atoms with van der Waals surface area (Å²) in [7, 11) is 0. The molecule has 1 aliphatic rings. The van der Waals surface area contributed by atoms with E-state index in [1.807, 2.05) is 6.07 Å². The minimum absolute atomic E-state index is 0.120. The summed E-state index contributed by atoms with van der Waals surface area (Å²) in [5.41, 5.74) is 2.46. The Hall–Kier alpha value is -1.65. The van der Waals surface area contributed by atoms with Gasteiger partial charge in [0, 0.05) is 37.3 Å². The van der Waals surface area contributed by atoms with Crippen molar-refractivity contribution in [2.75, 3.05) is 13.1 Å². The molecule has 1 aromatic heterocycles. The summed E-state index contributed by atoms with van der Waals surface area (Å²) < 4.78 is 4.96. The molecular weight excluding hydrogens is 250 g/mol. The average Bonchev–Trinajstić information content (AvgIpc) is 2.92. The normalized spacial score (nSPS) is 22.8. The first-order valence-electron chi connectivity index (χ1n) is 7.07. The second-order valence-corrected chi connectivity index (χ2v) is 6.09. The van der Waals surface area contributed by atoms with Gasteiger partial charge in [-0.15, -0.1) is 0 Å². The van der Waals surface area contributed by atoms with Crippen molar-refractivity contribution < 1.29 is 4.52 Å². The third kappa shape index (κ3) is 2.92. The van der Waals surface area contributed by atoms with Gasteiger partial charge >= 0.3 is 0 Å². The average molecular weight is 271 g/mol. The Kier molecular flexibility index (Phi) is 3.59. The highest BCUT2D eigenvalue weighted by molar-refractivity contribution is 5.21. The van der Waals surface area contributed by atoms with Gasteiger partial charge in [-0.2, -0.15) is 0 Å². The van der Waals surface area contributed by atoms with E-state index in [9.17, 15) is 0 Å². The van der Waals surface area contributed by atoms with Crippen LogP contribution in [-0.2, 0) is 6.54 Å². The van der Waals surface area contributed by atoms with Gasteiger partial charge in [0.1, 0.15) is 6.26 Å². The summed E-state index contributed by atoms with van der Waals surface area (Å²) in [4.78, 5) is 2.48. The summed E-state index contributed by atoms with van der Waals surface area (Å²) in [6.07, 6.45) is 1.64. The fourth-order valence-electron chi connectivity index (χ4n) is 2.87. The van der Waals surface area contributed by atoms with Gasteiger partial charge in [0.25, 0.3) is 0 Å². The van der Waals surface area contributed by atoms with Gasteiger partial charge in [-0.3, -0.25) is 4.90 Å². The number of rotatable bonds is 3. The maximum absolute atomic E-state index is 4.96. The van der Waals surface area contributed by atoms with Crippen molar-refractivity contribution in [3.05, 3.63) is 53.9 Å². The monoisotopic (exact) mass is 271 g/mol. The van der Waals surface area contributed by atoms with E-state index in [1.165, 1.54) is 5.56 Å². The Balaban J connectivity index is 1.83. The highest BCUT2D eigenvalue weighted by Gasteiger charge is 2.33. The zero-order valence-electron chi connectivity index (χ0n) is 12.0. The number of aromatic nitrogens is 1. The van der Waals surface area contributed by atoms with Gasteiger partial charge in [-0.1, -0.05) is 35.5 Å². The number of piperazine rings is 1. The van der Waals surface area contributed by atoms with Gasteiger partial charge in [-0.25, -0.2) is 0 Å². The summed E-state index contributed by atoms with van der Waals surface area (Å²) in [6, 6.07) is 13.0. The number of nitrogens with one attached hydrogen (secondary N) is 1. The van der Waals surface area contributed by atoms with E-state index in [2.05, 4.69) is 59.6 Å². The lowest BCUT2D eigenvalue weighted by atomic mass is 9.94. The predicted octanol–water partition coefficient (Wildman–Crippen LogP) is 2.60. The van der Waals surface area contributed by atoms with Gasteiger partial charge in [0.05, 0.1) is 5.69 Å². The first kappa shape index (κ1) is 13.3. The van der Waals surface area contributed by atoms with E-state index in [-0.39, 0.29) is 5.54 Å². The summed E-state index contributed by atoms with van der Waals surface area (Å²) in [6.45, 7) is 7.24. The van der Waals surface area contributed by atoms with Crippen molar-refractivity contribution in [1.29, 1.82) is 0 Å². The maximum atomic E-state index is 4.96. The number of benzene rings is 1. The zero-order chi connectivity index (χ0) is 14.0. The Bertz CT molecular complexity index is 536. The largest absolute Gasteiger partial charge is 0.364 e. The van der Waals surface area contributed by atoms with Crippen LogP contribution in [0.4, 0.5) is 0 Å². The number of hydrogen-bond donors (Lipinski definition) is 1. The quantitative estimate of drug-likeness (QED) is 0.931. The molecule has 0 saturated carbocycles. The molecule has 0 amide bonds. The van der Waals surface area contributed by atoms with Crippen LogP contribution in [0, 0.1) is 0 Å². The van der Waals surface area contributed by atoms with Crippen LogP contribution < -0.4 is 5.32 Å². The molecule has 1 fully saturated rings. The highest BCUT2D eigenvalue weighted by Crippen LogP contribution is 2.28. The lowest BCUT2D eigenvalue weighted by Crippen LogP contribution is -2.57. The molecule has 0 spiro atoms. The third-order valence-corrected chi connectivity index (χ3v) is 3.85. The summed E-state index contributed by atoms with van der Waals surface area (Å²) in [5, 5.41) is 7.68. The molecule has 1 unspecified atom stereocenters. The molecule has 4 heteroatoms. The van der Waals surface area contributed by atoms with Crippen molar-refractivity contribution >= 4 is 0 Å². The van der Waals surface area contributed by atoms with E-state index in [0.717, 1.165) is 25.3 Å². The highest BCUT2D eigenvalue weighted by atomic mass is 16.5. The second kappa shape index (κ2) is 5.38. The molecule has 0 aliphatic carbocycles. The lowest BCUT2D eigenvalue weighted by molar-refractivity contribution is 0.0857. The van der Waals surface area contributed by atoms with Crippen LogP contribution in [0.25, 0.3) is 0 Å². The fraction of sp³-hybridized carbons (Fsp3) is 0.438.